The van der Waals surface area contributed by atoms with Crippen LogP contribution in [0.3, 0.4) is 0 Å². The molecule has 0 aliphatic rings. The number of nitrogens with zero attached hydrogens (tertiary/aromatic N) is 2. The minimum absolute atomic E-state index is 0.165. The SMILES string of the molecule is CCNC(=O)c1noc(-c2cc(N)c(F)cc2F)n1. The van der Waals surface area contributed by atoms with Gasteiger partial charge in [-0.1, -0.05) is 5.16 Å². The molecule has 0 bridgehead atoms. The highest BCUT2D eigenvalue weighted by Crippen LogP contribution is 2.25. The van der Waals surface area contributed by atoms with E-state index in [0.717, 1.165) is 6.07 Å². The number of hydrogen-bond donors (Lipinski definition) is 2. The third-order valence-corrected chi connectivity index (χ3v) is 2.28. The second-order valence-corrected chi connectivity index (χ2v) is 3.64. The van der Waals surface area contributed by atoms with Gasteiger partial charge in [-0.25, -0.2) is 8.78 Å². The smallest absolute Gasteiger partial charge is 0.292 e. The van der Waals surface area contributed by atoms with Crippen molar-refractivity contribution < 1.29 is 18.1 Å². The average molecular weight is 268 g/mol. The van der Waals surface area contributed by atoms with Gasteiger partial charge in [0.2, 0.25) is 0 Å². The molecule has 6 nitrogen and oxygen atoms in total. The number of halogens is 2. The number of nitrogen functional groups attached to an aromatic ring is 1. The van der Waals surface area contributed by atoms with Gasteiger partial charge in [0.15, 0.2) is 0 Å². The number of aromatic nitrogens is 2. The number of rotatable bonds is 3. The topological polar surface area (TPSA) is 94.0 Å². The number of carbonyl (C=O) groups excluding carboxylic acids is 1. The molecule has 1 aromatic carbocycles. The van der Waals surface area contributed by atoms with E-state index in [2.05, 4.69) is 15.5 Å². The Labute approximate surface area is 106 Å². The van der Waals surface area contributed by atoms with Crippen molar-refractivity contribution in [3.63, 3.8) is 0 Å². The van der Waals surface area contributed by atoms with Gasteiger partial charge >= 0.3 is 0 Å². The summed E-state index contributed by atoms with van der Waals surface area (Å²) >= 11 is 0. The Morgan fingerprint density at radius 1 is 1.42 bits per heavy atom. The summed E-state index contributed by atoms with van der Waals surface area (Å²) in [4.78, 5) is 15.1. The molecule has 2 aromatic rings. The highest BCUT2D eigenvalue weighted by molar-refractivity contribution is 5.90. The van der Waals surface area contributed by atoms with Gasteiger partial charge in [0.05, 0.1) is 11.3 Å². The molecule has 1 aromatic heterocycles. The Bertz CT molecular complexity index is 627. The largest absolute Gasteiger partial charge is 0.396 e. The summed E-state index contributed by atoms with van der Waals surface area (Å²) in [6.07, 6.45) is 0. The summed E-state index contributed by atoms with van der Waals surface area (Å²) in [5.74, 6) is -2.82. The summed E-state index contributed by atoms with van der Waals surface area (Å²) in [5.41, 5.74) is 4.91. The summed E-state index contributed by atoms with van der Waals surface area (Å²) < 4.78 is 31.3. The quantitative estimate of drug-likeness (QED) is 0.819. The van der Waals surface area contributed by atoms with E-state index in [1.54, 1.807) is 6.92 Å². The molecule has 1 heterocycles. The van der Waals surface area contributed by atoms with E-state index in [-0.39, 0.29) is 23.0 Å². The average Bonchev–Trinajstić information content (AvgIpc) is 2.83. The zero-order valence-electron chi connectivity index (χ0n) is 9.91. The lowest BCUT2D eigenvalue weighted by Crippen LogP contribution is -2.23. The molecular formula is C11H10F2N4O2. The van der Waals surface area contributed by atoms with Crippen molar-refractivity contribution in [3.8, 4) is 11.5 Å². The van der Waals surface area contributed by atoms with Crippen LogP contribution in [0.1, 0.15) is 17.5 Å². The molecule has 19 heavy (non-hydrogen) atoms. The first-order valence-corrected chi connectivity index (χ1v) is 5.39. The molecule has 0 fully saturated rings. The summed E-state index contributed by atoms with van der Waals surface area (Å²) in [6, 6.07) is 1.64. The van der Waals surface area contributed by atoms with Crippen molar-refractivity contribution in [2.75, 3.05) is 12.3 Å². The van der Waals surface area contributed by atoms with Crippen LogP contribution in [0.25, 0.3) is 11.5 Å². The molecule has 0 spiro atoms. The van der Waals surface area contributed by atoms with Gasteiger partial charge in [0, 0.05) is 12.6 Å². The van der Waals surface area contributed by atoms with Crippen LogP contribution in [-0.2, 0) is 0 Å². The van der Waals surface area contributed by atoms with Gasteiger partial charge in [-0.3, -0.25) is 4.79 Å². The molecule has 0 aliphatic heterocycles. The minimum atomic E-state index is -0.905. The fourth-order valence-electron chi connectivity index (χ4n) is 1.39. The van der Waals surface area contributed by atoms with E-state index < -0.39 is 17.5 Å². The second kappa shape index (κ2) is 5.01. The first-order chi connectivity index (χ1) is 9.02. The molecule has 8 heteroatoms. The maximum Gasteiger partial charge on any atom is 0.292 e. The van der Waals surface area contributed by atoms with Gasteiger partial charge in [-0.2, -0.15) is 4.98 Å². The van der Waals surface area contributed by atoms with Crippen LogP contribution in [0, 0.1) is 11.6 Å². The number of carbonyl (C=O) groups is 1. The third kappa shape index (κ3) is 2.51. The molecule has 1 amide bonds. The molecule has 2 rings (SSSR count). The molecule has 0 unspecified atom stereocenters. The number of nitrogens with two attached hydrogens (primary N) is 1. The number of hydrogen-bond acceptors (Lipinski definition) is 5. The van der Waals surface area contributed by atoms with E-state index >= 15 is 0 Å². The maximum absolute atomic E-state index is 13.6. The van der Waals surface area contributed by atoms with Gasteiger partial charge in [0.25, 0.3) is 17.6 Å². The van der Waals surface area contributed by atoms with Crippen molar-refractivity contribution >= 4 is 11.6 Å². The summed E-state index contributed by atoms with van der Waals surface area (Å²) in [6.45, 7) is 2.11. The van der Waals surface area contributed by atoms with Crippen LogP contribution in [0.5, 0.6) is 0 Å². The molecule has 100 valence electrons. The minimum Gasteiger partial charge on any atom is -0.396 e. The highest BCUT2D eigenvalue weighted by atomic mass is 19.1. The number of anilines is 1. The normalized spacial score (nSPS) is 10.5. The maximum atomic E-state index is 13.6. The van der Waals surface area contributed by atoms with Gasteiger partial charge in [-0.05, 0) is 13.0 Å². The lowest BCUT2D eigenvalue weighted by molar-refractivity contribution is 0.0942. The molecule has 0 radical (unpaired) electrons. The fraction of sp³-hybridized carbons (Fsp3) is 0.182. The van der Waals surface area contributed by atoms with E-state index in [9.17, 15) is 13.6 Å². The van der Waals surface area contributed by atoms with Crippen molar-refractivity contribution in [2.24, 2.45) is 0 Å². The second-order valence-electron chi connectivity index (χ2n) is 3.64. The Kier molecular flexibility index (Phi) is 3.41. The van der Waals surface area contributed by atoms with Crippen molar-refractivity contribution in [2.45, 2.75) is 6.92 Å². The molecule has 0 saturated carbocycles. The Balaban J connectivity index is 2.38. The molecule has 0 aliphatic carbocycles. The van der Waals surface area contributed by atoms with Crippen LogP contribution in [0.4, 0.5) is 14.5 Å². The van der Waals surface area contributed by atoms with Crippen LogP contribution < -0.4 is 11.1 Å². The Hall–Kier alpha value is -2.51. The Morgan fingerprint density at radius 3 is 2.84 bits per heavy atom. The monoisotopic (exact) mass is 268 g/mol. The van der Waals surface area contributed by atoms with Crippen molar-refractivity contribution in [1.29, 1.82) is 0 Å². The predicted octanol–water partition coefficient (Wildman–Crippen LogP) is 1.35. The van der Waals surface area contributed by atoms with Crippen molar-refractivity contribution in [3.05, 3.63) is 29.6 Å². The summed E-state index contributed by atoms with van der Waals surface area (Å²) in [5, 5.41) is 5.86. The van der Waals surface area contributed by atoms with E-state index in [0.29, 0.717) is 12.6 Å². The molecule has 0 saturated heterocycles. The predicted molar refractivity (Wildman–Crippen MR) is 62.1 cm³/mol. The van der Waals surface area contributed by atoms with E-state index in [1.807, 2.05) is 0 Å². The van der Waals surface area contributed by atoms with Gasteiger partial charge in [0.1, 0.15) is 11.6 Å². The number of benzene rings is 1. The van der Waals surface area contributed by atoms with Crippen LogP contribution in [0.15, 0.2) is 16.7 Å². The zero-order chi connectivity index (χ0) is 14.0. The standard InChI is InChI=1S/C11H10F2N4O2/c1-2-15-10(18)9-16-11(19-17-9)5-3-8(14)7(13)4-6(5)12/h3-4H,2,14H2,1H3,(H,15,18). The number of amides is 1. The van der Waals surface area contributed by atoms with E-state index in [1.165, 1.54) is 0 Å². The van der Waals surface area contributed by atoms with E-state index in [4.69, 9.17) is 10.3 Å². The third-order valence-electron chi connectivity index (χ3n) is 2.28. The lowest BCUT2D eigenvalue weighted by atomic mass is 10.2. The molecule has 3 N–H and O–H groups in total. The number of nitrogens with one attached hydrogen (secondary N) is 1. The summed E-state index contributed by atoms with van der Waals surface area (Å²) in [7, 11) is 0. The molecule has 0 atom stereocenters. The lowest BCUT2D eigenvalue weighted by Gasteiger charge is -2.00. The van der Waals surface area contributed by atoms with Crippen molar-refractivity contribution in [1.82, 2.24) is 15.5 Å². The van der Waals surface area contributed by atoms with Crippen LogP contribution in [-0.4, -0.2) is 22.6 Å². The first kappa shape index (κ1) is 12.9. The van der Waals surface area contributed by atoms with Gasteiger partial charge in [-0.15, -0.1) is 0 Å². The van der Waals surface area contributed by atoms with Gasteiger partial charge < -0.3 is 15.6 Å². The van der Waals surface area contributed by atoms with Crippen LogP contribution >= 0.6 is 0 Å². The Morgan fingerprint density at radius 2 is 2.16 bits per heavy atom. The first-order valence-electron chi connectivity index (χ1n) is 5.39. The highest BCUT2D eigenvalue weighted by Gasteiger charge is 2.19. The van der Waals surface area contributed by atoms with Crippen LogP contribution in [0.2, 0.25) is 0 Å². The zero-order valence-corrected chi connectivity index (χ0v) is 9.91. The molecular weight excluding hydrogens is 258 g/mol. The fourth-order valence-corrected chi connectivity index (χ4v) is 1.39.